The first-order valence-electron chi connectivity index (χ1n) is 7.62. The van der Waals surface area contributed by atoms with Gasteiger partial charge in [-0.15, -0.1) is 0 Å². The highest BCUT2D eigenvalue weighted by Crippen LogP contribution is 2.54. The zero-order chi connectivity index (χ0) is 17.0. The van der Waals surface area contributed by atoms with E-state index in [2.05, 4.69) is 36.8 Å². The zero-order valence-corrected chi connectivity index (χ0v) is 17.3. The van der Waals surface area contributed by atoms with E-state index < -0.39 is 5.60 Å². The van der Waals surface area contributed by atoms with Gasteiger partial charge < -0.3 is 4.74 Å². The van der Waals surface area contributed by atoms with E-state index in [4.69, 9.17) is 16.3 Å². The predicted molar refractivity (Wildman–Crippen MR) is 98.8 cm³/mol. The maximum Gasteiger partial charge on any atom is 0.416 e. The van der Waals surface area contributed by atoms with Crippen molar-refractivity contribution in [1.82, 2.24) is 4.98 Å². The fourth-order valence-electron chi connectivity index (χ4n) is 3.49. The number of pyridine rings is 1. The van der Waals surface area contributed by atoms with Crippen LogP contribution in [0.15, 0.2) is 10.7 Å². The molecule has 2 atom stereocenters. The van der Waals surface area contributed by atoms with Gasteiger partial charge in [-0.1, -0.05) is 27.5 Å². The summed E-state index contributed by atoms with van der Waals surface area (Å²) in [6, 6.07) is 0. The average Bonchev–Trinajstić information content (AvgIpc) is 2.94. The monoisotopic (exact) mass is 464 g/mol. The maximum absolute atomic E-state index is 12.6. The molecule has 0 N–H and O–H groups in total. The first-order chi connectivity index (χ1) is 10.6. The number of rotatable bonds is 0. The number of hydrogen-bond donors (Lipinski definition) is 0. The van der Waals surface area contributed by atoms with Gasteiger partial charge in [0.1, 0.15) is 11.4 Å². The molecule has 1 spiro atoms. The SMILES string of the molecule is CC(C)(C)OC(=O)N1C[C@@]2(CC[C@H](Br)C2)c2c1ncc(Br)c2Cl. The second kappa shape index (κ2) is 5.88. The van der Waals surface area contributed by atoms with Crippen LogP contribution < -0.4 is 4.90 Å². The predicted octanol–water partition coefficient (Wildman–Crippen LogP) is 5.44. The highest BCUT2D eigenvalue weighted by Gasteiger charge is 2.51. The van der Waals surface area contributed by atoms with Crippen molar-refractivity contribution >= 4 is 55.4 Å². The minimum atomic E-state index is -0.542. The Morgan fingerprint density at radius 2 is 2.22 bits per heavy atom. The van der Waals surface area contributed by atoms with E-state index in [1.54, 1.807) is 11.1 Å². The number of ether oxygens (including phenoxy) is 1. The van der Waals surface area contributed by atoms with Crippen LogP contribution in [-0.4, -0.2) is 28.1 Å². The number of carbonyl (C=O) groups is 1. The lowest BCUT2D eigenvalue weighted by molar-refractivity contribution is 0.0577. The molecule has 126 valence electrons. The van der Waals surface area contributed by atoms with Crippen molar-refractivity contribution in [1.29, 1.82) is 0 Å². The Kier molecular flexibility index (Phi) is 4.47. The molecule has 4 nitrogen and oxygen atoms in total. The van der Waals surface area contributed by atoms with Crippen LogP contribution in [0.1, 0.15) is 45.6 Å². The number of fused-ring (bicyclic) bond motifs is 2. The van der Waals surface area contributed by atoms with Gasteiger partial charge >= 0.3 is 6.09 Å². The van der Waals surface area contributed by atoms with Gasteiger partial charge in [0.05, 0.1) is 9.50 Å². The fraction of sp³-hybridized carbons (Fsp3) is 0.625. The quantitative estimate of drug-likeness (QED) is 0.479. The third kappa shape index (κ3) is 3.14. The molecule has 0 radical (unpaired) electrons. The van der Waals surface area contributed by atoms with Crippen molar-refractivity contribution in [2.75, 3.05) is 11.4 Å². The lowest BCUT2D eigenvalue weighted by Crippen LogP contribution is -2.39. The van der Waals surface area contributed by atoms with Crippen molar-refractivity contribution < 1.29 is 9.53 Å². The van der Waals surface area contributed by atoms with Crippen LogP contribution in [0.2, 0.25) is 5.02 Å². The Labute approximate surface area is 158 Å². The molecule has 0 bridgehead atoms. The van der Waals surface area contributed by atoms with Crippen molar-refractivity contribution in [2.45, 2.75) is 55.9 Å². The molecule has 1 fully saturated rings. The summed E-state index contributed by atoms with van der Waals surface area (Å²) in [5, 5.41) is 0.655. The number of hydrogen-bond acceptors (Lipinski definition) is 3. The van der Waals surface area contributed by atoms with Gasteiger partial charge in [-0.05, 0) is 56.0 Å². The number of anilines is 1. The molecule has 1 saturated carbocycles. The van der Waals surface area contributed by atoms with Gasteiger partial charge in [0.2, 0.25) is 0 Å². The third-order valence-corrected chi connectivity index (χ3v) is 6.37. The minimum Gasteiger partial charge on any atom is -0.443 e. The summed E-state index contributed by atoms with van der Waals surface area (Å²) in [6.07, 6.45) is 4.27. The molecule has 1 aromatic heterocycles. The molecule has 7 heteroatoms. The summed E-state index contributed by atoms with van der Waals surface area (Å²) in [4.78, 5) is 19.2. The van der Waals surface area contributed by atoms with Crippen molar-refractivity contribution in [2.24, 2.45) is 0 Å². The summed E-state index contributed by atoms with van der Waals surface area (Å²) in [5.74, 6) is 0.633. The molecule has 1 aromatic rings. The molecule has 1 aliphatic carbocycles. The second-order valence-corrected chi connectivity index (χ2v) is 9.83. The van der Waals surface area contributed by atoms with Crippen LogP contribution >= 0.6 is 43.5 Å². The molecule has 3 rings (SSSR count). The Bertz CT molecular complexity index is 662. The Morgan fingerprint density at radius 3 is 2.78 bits per heavy atom. The van der Waals surface area contributed by atoms with Crippen LogP contribution in [0.25, 0.3) is 0 Å². The van der Waals surface area contributed by atoms with E-state index in [0.717, 1.165) is 29.3 Å². The number of halogens is 3. The average molecular weight is 467 g/mol. The van der Waals surface area contributed by atoms with E-state index in [1.165, 1.54) is 0 Å². The maximum atomic E-state index is 12.6. The standard InChI is InChI=1S/C16H19Br2ClN2O2/c1-15(2,3)23-14(22)21-8-16(5-4-9(17)6-16)11-12(19)10(18)7-20-13(11)21/h7,9H,4-6,8H2,1-3H3/t9-,16-/m0/s1. The minimum absolute atomic E-state index is 0.145. The van der Waals surface area contributed by atoms with Crippen LogP contribution in [-0.2, 0) is 10.2 Å². The first-order valence-corrected chi connectivity index (χ1v) is 9.71. The molecule has 0 saturated heterocycles. The highest BCUT2D eigenvalue weighted by atomic mass is 79.9. The molecule has 2 heterocycles. The molecule has 0 unspecified atom stereocenters. The second-order valence-electron chi connectivity index (χ2n) is 7.31. The number of amides is 1. The van der Waals surface area contributed by atoms with Crippen molar-refractivity contribution in [3.63, 3.8) is 0 Å². The first kappa shape index (κ1) is 17.5. The van der Waals surface area contributed by atoms with Crippen LogP contribution in [0.4, 0.5) is 10.6 Å². The lowest BCUT2D eigenvalue weighted by atomic mass is 9.81. The number of carbonyl (C=O) groups excluding carboxylic acids is 1. The number of nitrogens with zero attached hydrogens (tertiary/aromatic N) is 2. The zero-order valence-electron chi connectivity index (χ0n) is 13.3. The summed E-state index contributed by atoms with van der Waals surface area (Å²) in [7, 11) is 0. The van der Waals surface area contributed by atoms with Crippen molar-refractivity contribution in [3.8, 4) is 0 Å². The smallest absolute Gasteiger partial charge is 0.416 e. The van der Waals surface area contributed by atoms with Gasteiger partial charge in [0, 0.05) is 28.5 Å². The number of alkyl halides is 1. The normalized spacial score (nSPS) is 26.7. The topological polar surface area (TPSA) is 42.4 Å². The summed E-state index contributed by atoms with van der Waals surface area (Å²) in [6.45, 7) is 6.17. The molecule has 2 aliphatic rings. The lowest BCUT2D eigenvalue weighted by Gasteiger charge is -2.27. The molecule has 1 aliphatic heterocycles. The number of aromatic nitrogens is 1. The van der Waals surface area contributed by atoms with Gasteiger partial charge in [0.15, 0.2) is 0 Å². The fourth-order valence-corrected chi connectivity index (χ4v) is 4.97. The van der Waals surface area contributed by atoms with Gasteiger partial charge in [0.25, 0.3) is 0 Å². The highest BCUT2D eigenvalue weighted by molar-refractivity contribution is 9.10. The van der Waals surface area contributed by atoms with E-state index >= 15 is 0 Å². The van der Waals surface area contributed by atoms with Gasteiger partial charge in [-0.3, -0.25) is 4.90 Å². The van der Waals surface area contributed by atoms with Crippen LogP contribution in [0.3, 0.4) is 0 Å². The van der Waals surface area contributed by atoms with Crippen LogP contribution in [0, 0.1) is 0 Å². The van der Waals surface area contributed by atoms with Gasteiger partial charge in [-0.25, -0.2) is 9.78 Å². The molecule has 1 amide bonds. The van der Waals surface area contributed by atoms with Gasteiger partial charge in [-0.2, -0.15) is 0 Å². The Balaban J connectivity index is 2.05. The van der Waals surface area contributed by atoms with E-state index in [0.29, 0.717) is 22.2 Å². The van der Waals surface area contributed by atoms with E-state index in [1.807, 2.05) is 20.8 Å². The summed E-state index contributed by atoms with van der Waals surface area (Å²) in [5.41, 5.74) is 0.287. The summed E-state index contributed by atoms with van der Waals surface area (Å²) < 4.78 is 6.32. The molecular formula is C16H19Br2ClN2O2. The van der Waals surface area contributed by atoms with Crippen LogP contribution in [0.5, 0.6) is 0 Å². The largest absolute Gasteiger partial charge is 0.443 e. The molecular weight excluding hydrogens is 447 g/mol. The third-order valence-electron chi connectivity index (χ3n) is 4.36. The van der Waals surface area contributed by atoms with Crippen molar-refractivity contribution in [3.05, 3.63) is 21.3 Å². The summed E-state index contributed by atoms with van der Waals surface area (Å²) >= 11 is 13.8. The molecule has 23 heavy (non-hydrogen) atoms. The van der Waals surface area contributed by atoms with E-state index in [9.17, 15) is 4.79 Å². The van der Waals surface area contributed by atoms with E-state index in [-0.39, 0.29) is 11.5 Å². The molecule has 0 aromatic carbocycles. The Hall–Kier alpha value is -0.330. The Morgan fingerprint density at radius 1 is 1.52 bits per heavy atom.